The van der Waals surface area contributed by atoms with Crippen molar-refractivity contribution >= 4 is 45.0 Å². The molecule has 4 aromatic rings. The number of nitrogens with one attached hydrogen (secondary N) is 2. The lowest BCUT2D eigenvalue weighted by Crippen LogP contribution is -2.35. The topological polar surface area (TPSA) is 96.2 Å². The Morgan fingerprint density at radius 3 is 2.56 bits per heavy atom. The maximum Gasteiger partial charge on any atom is 0.262 e. The zero-order chi connectivity index (χ0) is 27.9. The predicted octanol–water partition coefficient (Wildman–Crippen LogP) is 6.68. The number of carbonyl (C=O) groups is 1. The van der Waals surface area contributed by atoms with Crippen molar-refractivity contribution in [3.63, 3.8) is 0 Å². The molecule has 0 radical (unpaired) electrons. The average Bonchev–Trinajstić information content (AvgIpc) is 3.53. The van der Waals surface area contributed by atoms with Gasteiger partial charge in [0, 0.05) is 35.8 Å². The lowest BCUT2D eigenvalue weighted by atomic mass is 10.0. The number of halogens is 1. The Morgan fingerprint density at radius 1 is 1.21 bits per heavy atom. The Kier molecular flexibility index (Phi) is 7.14. The van der Waals surface area contributed by atoms with Gasteiger partial charge in [0.1, 0.15) is 22.9 Å². The summed E-state index contributed by atoms with van der Waals surface area (Å²) < 4.78 is 25.8. The normalized spacial score (nSPS) is 13.6. The van der Waals surface area contributed by atoms with Crippen molar-refractivity contribution in [2.45, 2.75) is 39.2 Å². The van der Waals surface area contributed by atoms with Crippen LogP contribution in [-0.2, 0) is 7.05 Å². The van der Waals surface area contributed by atoms with Gasteiger partial charge in [-0.25, -0.2) is 4.39 Å². The number of pyridine rings is 1. The molecule has 0 saturated heterocycles. The molecule has 2 heterocycles. The third-order valence-corrected chi connectivity index (χ3v) is 8.47. The molecule has 5 rings (SSSR count). The minimum atomic E-state index is -0.816. The Morgan fingerprint density at radius 2 is 1.92 bits per heavy atom. The quantitative estimate of drug-likeness (QED) is 0.233. The molecule has 2 aromatic heterocycles. The zero-order valence-electron chi connectivity index (χ0n) is 22.0. The van der Waals surface area contributed by atoms with E-state index in [4.69, 9.17) is 4.74 Å². The molecular weight excluding hydrogens is 535 g/mol. The summed E-state index contributed by atoms with van der Waals surface area (Å²) in [6, 6.07) is 12.3. The average molecular weight is 563 g/mol. The second-order valence-corrected chi connectivity index (χ2v) is 11.8. The second kappa shape index (κ2) is 10.4. The van der Waals surface area contributed by atoms with E-state index in [-0.39, 0.29) is 17.3 Å². The molecule has 0 spiro atoms. The van der Waals surface area contributed by atoms with Gasteiger partial charge in [-0.3, -0.25) is 9.59 Å². The standard InChI is InChI=1S/C29H27FN4O3S2/c1-5-38-33-19-6-7-23(37-25-16(2)10-18(30)11-17(25)3)20(12-19)22-14-34(4)28(36)21-13-24(39-26(21)22)27(35)32-29(15-31)8-9-29/h6-7,10-14,33H,5,8-9H2,1-4H3,(H,32,35). The summed E-state index contributed by atoms with van der Waals surface area (Å²) in [4.78, 5) is 26.5. The van der Waals surface area contributed by atoms with Gasteiger partial charge in [0.25, 0.3) is 11.5 Å². The van der Waals surface area contributed by atoms with Gasteiger partial charge in [-0.2, -0.15) is 5.26 Å². The van der Waals surface area contributed by atoms with Crippen molar-refractivity contribution in [2.24, 2.45) is 7.05 Å². The zero-order valence-corrected chi connectivity index (χ0v) is 23.6. The number of fused-ring (bicyclic) bond motifs is 1. The van der Waals surface area contributed by atoms with Gasteiger partial charge in [-0.05, 0) is 74.2 Å². The molecule has 0 aliphatic heterocycles. The van der Waals surface area contributed by atoms with Crippen LogP contribution >= 0.6 is 23.3 Å². The Labute approximate surface area is 233 Å². The first-order chi connectivity index (χ1) is 18.6. The number of nitrogens with zero attached hydrogens (tertiary/aromatic N) is 2. The van der Waals surface area contributed by atoms with Crippen LogP contribution in [-0.4, -0.2) is 21.8 Å². The van der Waals surface area contributed by atoms with Crippen molar-refractivity contribution in [1.82, 2.24) is 9.88 Å². The van der Waals surface area contributed by atoms with Crippen LogP contribution in [0.3, 0.4) is 0 Å². The van der Waals surface area contributed by atoms with Gasteiger partial charge in [0.05, 0.1) is 21.0 Å². The smallest absolute Gasteiger partial charge is 0.262 e. The van der Waals surface area contributed by atoms with Crippen LogP contribution < -0.4 is 20.3 Å². The molecule has 0 unspecified atom stereocenters. The minimum absolute atomic E-state index is 0.228. The molecular formula is C29H27FN4O3S2. The lowest BCUT2D eigenvalue weighted by Gasteiger charge is -2.17. The van der Waals surface area contributed by atoms with Crippen LogP contribution in [0, 0.1) is 31.0 Å². The summed E-state index contributed by atoms with van der Waals surface area (Å²) in [7, 11) is 1.67. The highest BCUT2D eigenvalue weighted by atomic mass is 32.2. The number of benzene rings is 2. The number of aromatic nitrogens is 1. The number of amides is 1. The molecule has 1 aliphatic carbocycles. The van der Waals surface area contributed by atoms with Crippen LogP contribution in [0.4, 0.5) is 10.1 Å². The predicted molar refractivity (Wildman–Crippen MR) is 155 cm³/mol. The van der Waals surface area contributed by atoms with Crippen molar-refractivity contribution in [3.8, 4) is 28.7 Å². The van der Waals surface area contributed by atoms with Gasteiger partial charge in [0.2, 0.25) is 0 Å². The highest BCUT2D eigenvalue weighted by molar-refractivity contribution is 8.00. The fraction of sp³-hybridized carbons (Fsp3) is 0.276. The largest absolute Gasteiger partial charge is 0.456 e. The summed E-state index contributed by atoms with van der Waals surface area (Å²) >= 11 is 2.76. The fourth-order valence-electron chi connectivity index (χ4n) is 4.44. The Balaban J connectivity index is 1.67. The van der Waals surface area contributed by atoms with Gasteiger partial charge in [0.15, 0.2) is 0 Å². The van der Waals surface area contributed by atoms with E-state index in [1.54, 1.807) is 45.1 Å². The number of anilines is 1. The highest BCUT2D eigenvalue weighted by Gasteiger charge is 2.45. The molecule has 2 aromatic carbocycles. The molecule has 200 valence electrons. The number of hydrogen-bond acceptors (Lipinski definition) is 7. The van der Waals surface area contributed by atoms with Crippen LogP contribution in [0.2, 0.25) is 0 Å². The summed E-state index contributed by atoms with van der Waals surface area (Å²) in [5.41, 5.74) is 2.56. The monoisotopic (exact) mass is 562 g/mol. The molecule has 1 saturated carbocycles. The lowest BCUT2D eigenvalue weighted by molar-refractivity contribution is 0.0945. The summed E-state index contributed by atoms with van der Waals surface area (Å²) in [5, 5.41) is 12.6. The van der Waals surface area contributed by atoms with E-state index in [0.717, 1.165) is 17.0 Å². The van der Waals surface area contributed by atoms with E-state index < -0.39 is 5.54 Å². The minimum Gasteiger partial charge on any atom is -0.456 e. The third-order valence-electron chi connectivity index (χ3n) is 6.63. The van der Waals surface area contributed by atoms with E-state index in [1.807, 2.05) is 25.1 Å². The number of nitriles is 1. The van der Waals surface area contributed by atoms with E-state index in [0.29, 0.717) is 56.0 Å². The van der Waals surface area contributed by atoms with E-state index >= 15 is 0 Å². The molecule has 7 nitrogen and oxygen atoms in total. The SMILES string of the molecule is CCSNc1ccc(Oc2c(C)cc(F)cc2C)c(-c2cn(C)c(=O)c3cc(C(=O)NC4(C#N)CC4)sc23)c1. The van der Waals surface area contributed by atoms with E-state index in [2.05, 4.69) is 16.1 Å². The Bertz CT molecular complexity index is 1690. The molecule has 10 heteroatoms. The van der Waals surface area contributed by atoms with E-state index in [9.17, 15) is 19.2 Å². The molecule has 1 fully saturated rings. The summed E-state index contributed by atoms with van der Waals surface area (Å²) in [6.07, 6.45) is 2.97. The molecule has 0 atom stereocenters. The van der Waals surface area contributed by atoms with Gasteiger partial charge < -0.3 is 19.3 Å². The van der Waals surface area contributed by atoms with Crippen LogP contribution in [0.25, 0.3) is 21.2 Å². The van der Waals surface area contributed by atoms with Gasteiger partial charge in [-0.1, -0.05) is 18.9 Å². The summed E-state index contributed by atoms with van der Waals surface area (Å²) in [5.74, 6) is 1.24. The highest BCUT2D eigenvalue weighted by Crippen LogP contribution is 2.42. The van der Waals surface area contributed by atoms with Gasteiger partial charge >= 0.3 is 0 Å². The second-order valence-electron chi connectivity index (χ2n) is 9.68. The van der Waals surface area contributed by atoms with Crippen molar-refractivity contribution in [2.75, 3.05) is 10.5 Å². The van der Waals surface area contributed by atoms with Crippen molar-refractivity contribution in [3.05, 3.63) is 74.8 Å². The fourth-order valence-corrected chi connectivity index (χ4v) is 5.95. The first kappa shape index (κ1) is 26.8. The van der Waals surface area contributed by atoms with Crippen LogP contribution in [0.1, 0.15) is 40.6 Å². The van der Waals surface area contributed by atoms with E-state index in [1.165, 1.54) is 28.0 Å². The molecule has 1 amide bonds. The molecule has 1 aliphatic rings. The van der Waals surface area contributed by atoms with Crippen LogP contribution in [0.5, 0.6) is 11.5 Å². The number of thiophene rings is 1. The number of hydrogen-bond donors (Lipinski definition) is 2. The van der Waals surface area contributed by atoms with Gasteiger partial charge in [-0.15, -0.1) is 11.3 Å². The molecule has 2 N–H and O–H groups in total. The number of ether oxygens (including phenoxy) is 1. The number of aryl methyl sites for hydroxylation is 3. The number of carbonyl (C=O) groups excluding carboxylic acids is 1. The summed E-state index contributed by atoms with van der Waals surface area (Å²) in [6.45, 7) is 5.63. The van der Waals surface area contributed by atoms with Crippen LogP contribution in [0.15, 0.2) is 47.4 Å². The molecule has 0 bridgehead atoms. The van der Waals surface area contributed by atoms with Crippen molar-refractivity contribution < 1.29 is 13.9 Å². The first-order valence-corrected chi connectivity index (χ1v) is 14.3. The maximum absolute atomic E-state index is 14.0. The third kappa shape index (κ3) is 5.24. The maximum atomic E-state index is 14.0. The number of rotatable bonds is 8. The van der Waals surface area contributed by atoms with Crippen molar-refractivity contribution in [1.29, 1.82) is 5.26 Å². The first-order valence-electron chi connectivity index (χ1n) is 12.5. The molecule has 39 heavy (non-hydrogen) atoms. The Hall–Kier alpha value is -3.81.